The maximum atomic E-state index is 11.1. The molecule has 1 heterocycles. The molecule has 0 saturated heterocycles. The molecule has 0 bridgehead atoms. The predicted molar refractivity (Wildman–Crippen MR) is 51.6 cm³/mol. The van der Waals surface area contributed by atoms with Crippen LogP contribution < -0.4 is 5.56 Å². The van der Waals surface area contributed by atoms with E-state index in [4.69, 9.17) is 5.39 Å². The quantitative estimate of drug-likeness (QED) is 0.668. The number of diazo groups is 1. The van der Waals surface area contributed by atoms with Gasteiger partial charge in [0.1, 0.15) is 0 Å². The zero-order valence-corrected chi connectivity index (χ0v) is 7.19. The first kappa shape index (κ1) is 8.26. The van der Waals surface area contributed by atoms with E-state index in [1.54, 1.807) is 0 Å². The van der Waals surface area contributed by atoms with Crippen molar-refractivity contribution in [3.8, 4) is 11.3 Å². The normalized spacial score (nSPS) is 9.64. The third-order valence-electron chi connectivity index (χ3n) is 1.92. The van der Waals surface area contributed by atoms with Crippen molar-refractivity contribution in [2.75, 3.05) is 0 Å². The molecule has 68 valence electrons. The third kappa shape index (κ3) is 1.19. The van der Waals surface area contributed by atoms with Crippen molar-refractivity contribution in [2.45, 2.75) is 0 Å². The van der Waals surface area contributed by atoms with Gasteiger partial charge in [-0.3, -0.25) is 15.0 Å². The van der Waals surface area contributed by atoms with Crippen LogP contribution in [0.25, 0.3) is 16.2 Å². The molecule has 14 heavy (non-hydrogen) atoms. The molecular formula is C9H7N4O+. The van der Waals surface area contributed by atoms with E-state index in [0.29, 0.717) is 5.69 Å². The summed E-state index contributed by atoms with van der Waals surface area (Å²) in [5.41, 5.74) is 0.833. The van der Waals surface area contributed by atoms with Crippen molar-refractivity contribution in [1.82, 2.24) is 10.2 Å². The Bertz CT molecular complexity index is 532. The Balaban J connectivity index is 2.65. The van der Waals surface area contributed by atoms with Gasteiger partial charge < -0.3 is 0 Å². The predicted octanol–water partition coefficient (Wildman–Crippen LogP) is 1.85. The number of nitrogens with one attached hydrogen (secondary N) is 2. The minimum atomic E-state index is -0.439. The van der Waals surface area contributed by atoms with Crippen LogP contribution in [0, 0.1) is 5.39 Å². The van der Waals surface area contributed by atoms with Crippen LogP contribution in [0.2, 0.25) is 0 Å². The first-order valence-corrected chi connectivity index (χ1v) is 4.04. The van der Waals surface area contributed by atoms with Gasteiger partial charge in [0.2, 0.25) is 5.39 Å². The Kier molecular flexibility index (Phi) is 1.88. The topological polar surface area (TPSA) is 76.8 Å². The van der Waals surface area contributed by atoms with Crippen molar-refractivity contribution in [1.29, 1.82) is 5.39 Å². The van der Waals surface area contributed by atoms with Crippen molar-refractivity contribution in [3.63, 3.8) is 0 Å². The van der Waals surface area contributed by atoms with E-state index in [-0.39, 0.29) is 5.69 Å². The van der Waals surface area contributed by atoms with Crippen molar-refractivity contribution < 1.29 is 0 Å². The van der Waals surface area contributed by atoms with Crippen LogP contribution >= 0.6 is 0 Å². The van der Waals surface area contributed by atoms with Gasteiger partial charge in [0.05, 0.1) is 0 Å². The van der Waals surface area contributed by atoms with Crippen LogP contribution in [-0.4, -0.2) is 10.2 Å². The number of hydrogen-bond acceptors (Lipinski definition) is 2. The van der Waals surface area contributed by atoms with E-state index >= 15 is 0 Å². The molecule has 0 radical (unpaired) electrons. The molecule has 0 aliphatic heterocycles. The fraction of sp³-hybridized carbons (Fsp3) is 0. The lowest BCUT2D eigenvalue weighted by Gasteiger charge is -1.91. The fourth-order valence-corrected chi connectivity index (χ4v) is 1.26. The van der Waals surface area contributed by atoms with Gasteiger partial charge in [0.25, 0.3) is 0 Å². The Morgan fingerprint density at radius 1 is 1.14 bits per heavy atom. The minimum Gasteiger partial charge on any atom is -0.290 e. The lowest BCUT2D eigenvalue weighted by molar-refractivity contribution is 1.06. The SMILES string of the molecule is N#[N+]c1c(-c2ccccc2)[nH][nH]c1=O. The highest BCUT2D eigenvalue weighted by Gasteiger charge is 2.22. The summed E-state index contributed by atoms with van der Waals surface area (Å²) in [6.45, 7) is 0. The zero-order valence-electron chi connectivity index (χ0n) is 7.19. The van der Waals surface area contributed by atoms with Gasteiger partial charge in [-0.1, -0.05) is 30.3 Å². The second-order valence-corrected chi connectivity index (χ2v) is 2.77. The Hall–Kier alpha value is -2.35. The zero-order chi connectivity index (χ0) is 9.97. The monoisotopic (exact) mass is 187 g/mol. The lowest BCUT2D eigenvalue weighted by Crippen LogP contribution is -1.95. The highest BCUT2D eigenvalue weighted by atomic mass is 16.1. The molecule has 0 atom stereocenters. The summed E-state index contributed by atoms with van der Waals surface area (Å²) in [6, 6.07) is 9.16. The first-order chi connectivity index (χ1) is 6.83. The molecule has 2 rings (SSSR count). The number of hydrogen-bond donors (Lipinski definition) is 2. The van der Waals surface area contributed by atoms with Crippen LogP contribution in [0.4, 0.5) is 5.69 Å². The molecular weight excluding hydrogens is 180 g/mol. The van der Waals surface area contributed by atoms with Crippen molar-refractivity contribution in [2.24, 2.45) is 0 Å². The lowest BCUT2D eigenvalue weighted by atomic mass is 10.1. The maximum absolute atomic E-state index is 11.1. The summed E-state index contributed by atoms with van der Waals surface area (Å²) < 4.78 is 0. The van der Waals surface area contributed by atoms with E-state index < -0.39 is 5.56 Å². The molecule has 1 aromatic carbocycles. The van der Waals surface area contributed by atoms with E-state index in [2.05, 4.69) is 15.2 Å². The average Bonchev–Trinajstić information content (AvgIpc) is 2.61. The molecule has 2 N–H and O–H groups in total. The number of rotatable bonds is 1. The van der Waals surface area contributed by atoms with E-state index in [0.717, 1.165) is 5.56 Å². The molecule has 0 spiro atoms. The molecule has 1 aromatic heterocycles. The van der Waals surface area contributed by atoms with Gasteiger partial charge in [0, 0.05) is 5.56 Å². The number of benzene rings is 1. The summed E-state index contributed by atoms with van der Waals surface area (Å²) in [5.74, 6) is 0. The highest BCUT2D eigenvalue weighted by Crippen LogP contribution is 2.23. The van der Waals surface area contributed by atoms with Gasteiger partial charge in [-0.15, -0.1) is 0 Å². The highest BCUT2D eigenvalue weighted by molar-refractivity contribution is 5.73. The molecule has 2 aromatic rings. The molecule has 0 amide bonds. The van der Waals surface area contributed by atoms with Crippen LogP contribution in [0.5, 0.6) is 0 Å². The average molecular weight is 187 g/mol. The number of aromatic nitrogens is 2. The fourth-order valence-electron chi connectivity index (χ4n) is 1.26. The van der Waals surface area contributed by atoms with Gasteiger partial charge >= 0.3 is 11.2 Å². The van der Waals surface area contributed by atoms with Crippen LogP contribution in [0.3, 0.4) is 0 Å². The van der Waals surface area contributed by atoms with Gasteiger partial charge in [0.15, 0.2) is 10.7 Å². The molecule has 0 saturated carbocycles. The van der Waals surface area contributed by atoms with Gasteiger partial charge in [-0.2, -0.15) is 0 Å². The largest absolute Gasteiger partial charge is 0.475 e. The summed E-state index contributed by atoms with van der Waals surface area (Å²) in [6.07, 6.45) is 0. The van der Waals surface area contributed by atoms with Crippen molar-refractivity contribution >= 4 is 5.69 Å². The Morgan fingerprint density at radius 3 is 2.50 bits per heavy atom. The third-order valence-corrected chi connectivity index (χ3v) is 1.92. The summed E-state index contributed by atoms with van der Waals surface area (Å²) in [4.78, 5) is 14.0. The van der Waals surface area contributed by atoms with E-state index in [9.17, 15) is 4.79 Å². The molecule has 0 aliphatic rings. The Morgan fingerprint density at radius 2 is 1.86 bits per heavy atom. The smallest absolute Gasteiger partial charge is 0.290 e. The standard InChI is InChI=1S/C9H6N4O/c10-11-8-7(12-13-9(8)14)6-4-2-1-3-5-6/h1-5,10H/p+1. The molecule has 0 unspecified atom stereocenters. The molecule has 5 heteroatoms. The number of H-pyrrole nitrogens is 2. The van der Waals surface area contributed by atoms with Gasteiger partial charge in [-0.25, -0.2) is 0 Å². The van der Waals surface area contributed by atoms with E-state index in [1.807, 2.05) is 30.3 Å². The van der Waals surface area contributed by atoms with E-state index in [1.165, 1.54) is 0 Å². The van der Waals surface area contributed by atoms with Crippen LogP contribution in [0.15, 0.2) is 35.1 Å². The maximum Gasteiger partial charge on any atom is 0.475 e. The molecule has 5 nitrogen and oxygen atoms in total. The second kappa shape index (κ2) is 3.18. The summed E-state index contributed by atoms with van der Waals surface area (Å²) >= 11 is 0. The number of nitrogens with zero attached hydrogens (tertiary/aromatic N) is 2. The van der Waals surface area contributed by atoms with Crippen LogP contribution in [-0.2, 0) is 0 Å². The summed E-state index contributed by atoms with van der Waals surface area (Å²) in [7, 11) is 0. The number of aromatic amines is 2. The second-order valence-electron chi connectivity index (χ2n) is 2.77. The molecule has 0 aliphatic carbocycles. The molecule has 0 fully saturated rings. The minimum absolute atomic E-state index is 0.00352. The van der Waals surface area contributed by atoms with Crippen molar-refractivity contribution in [3.05, 3.63) is 45.7 Å². The first-order valence-electron chi connectivity index (χ1n) is 4.04. The van der Waals surface area contributed by atoms with Gasteiger partial charge in [-0.05, 0) is 0 Å². The Labute approximate surface area is 79.0 Å². The van der Waals surface area contributed by atoms with Crippen LogP contribution in [0.1, 0.15) is 0 Å². The summed E-state index contributed by atoms with van der Waals surface area (Å²) in [5, 5.41) is 13.6.